The van der Waals surface area contributed by atoms with Crippen molar-refractivity contribution in [1.82, 2.24) is 4.90 Å². The Morgan fingerprint density at radius 1 is 0.786 bits per heavy atom. The Morgan fingerprint density at radius 2 is 1.54 bits per heavy atom. The van der Waals surface area contributed by atoms with Gasteiger partial charge in [0.15, 0.2) is 0 Å². The molecule has 0 saturated carbocycles. The zero-order valence-electron chi connectivity index (χ0n) is 18.3. The Bertz CT molecular complexity index is 693. The van der Waals surface area contributed by atoms with E-state index in [1.54, 1.807) is 0 Å². The molecule has 0 atom stereocenters. The fourth-order valence-corrected chi connectivity index (χ4v) is 3.89. The fourth-order valence-electron chi connectivity index (χ4n) is 3.89. The lowest BCUT2D eigenvalue weighted by Crippen LogP contribution is -2.26. The van der Waals surface area contributed by atoms with Crippen molar-refractivity contribution in [1.29, 1.82) is 0 Å². The van der Waals surface area contributed by atoms with Crippen LogP contribution < -0.4 is 5.73 Å². The van der Waals surface area contributed by atoms with Gasteiger partial charge in [-0.15, -0.1) is 0 Å². The van der Waals surface area contributed by atoms with Gasteiger partial charge in [0, 0.05) is 6.54 Å². The van der Waals surface area contributed by atoms with E-state index in [0.717, 1.165) is 25.9 Å². The first-order valence-electron chi connectivity index (χ1n) is 11.2. The van der Waals surface area contributed by atoms with Gasteiger partial charge in [0.2, 0.25) is 0 Å². The number of unbranched alkanes of at least 4 members (excludes halogenated alkanes) is 2. The molecule has 0 radical (unpaired) electrons. The van der Waals surface area contributed by atoms with Gasteiger partial charge in [-0.3, -0.25) is 4.90 Å². The van der Waals surface area contributed by atoms with Crippen LogP contribution >= 0.6 is 0 Å². The molecule has 0 spiro atoms. The second-order valence-corrected chi connectivity index (χ2v) is 8.17. The predicted octanol–water partition coefficient (Wildman–Crippen LogP) is 5.82. The van der Waals surface area contributed by atoms with Crippen molar-refractivity contribution in [2.24, 2.45) is 5.73 Å². The molecule has 2 nitrogen and oxygen atoms in total. The summed E-state index contributed by atoms with van der Waals surface area (Å²) in [4.78, 5) is 2.64. The van der Waals surface area contributed by atoms with Crippen molar-refractivity contribution >= 4 is 0 Å². The average Bonchev–Trinajstić information content (AvgIpc) is 2.69. The molecule has 0 bridgehead atoms. The highest BCUT2D eigenvalue weighted by Crippen LogP contribution is 2.17. The number of nitrogens with zero attached hydrogens (tertiary/aromatic N) is 1. The summed E-state index contributed by atoms with van der Waals surface area (Å²) in [6.07, 6.45) is 8.40. The van der Waals surface area contributed by atoms with Crippen molar-refractivity contribution in [2.75, 3.05) is 19.6 Å². The van der Waals surface area contributed by atoms with Crippen LogP contribution in [0.25, 0.3) is 0 Å². The van der Waals surface area contributed by atoms with Crippen LogP contribution in [0.3, 0.4) is 0 Å². The third-order valence-electron chi connectivity index (χ3n) is 5.70. The predicted molar refractivity (Wildman–Crippen MR) is 123 cm³/mol. The number of aryl methyl sites for hydroxylation is 4. The van der Waals surface area contributed by atoms with Crippen molar-refractivity contribution < 1.29 is 0 Å². The average molecular weight is 381 g/mol. The Balaban J connectivity index is 1.87. The molecule has 2 aromatic rings. The van der Waals surface area contributed by atoms with E-state index in [1.165, 1.54) is 73.0 Å². The molecule has 2 heteroatoms. The standard InChI is InChI=1S/C26H40N2/c1-4-18-28(19-10-8-14-25-13-6-5-11-22(25)2)21-26-20-24(12-7-9-17-27)16-15-23(26)3/h5-6,11,13,15-16,20H,4,7-10,12,14,17-19,21,27H2,1-3H3. The molecule has 0 heterocycles. The van der Waals surface area contributed by atoms with Crippen molar-refractivity contribution in [3.05, 3.63) is 70.3 Å². The van der Waals surface area contributed by atoms with E-state index >= 15 is 0 Å². The third-order valence-corrected chi connectivity index (χ3v) is 5.70. The Labute approximate surface area is 173 Å². The molecule has 0 amide bonds. The van der Waals surface area contributed by atoms with Gasteiger partial charge >= 0.3 is 0 Å². The highest BCUT2D eigenvalue weighted by atomic mass is 15.1. The maximum absolute atomic E-state index is 5.64. The molecule has 0 saturated heterocycles. The van der Waals surface area contributed by atoms with Gasteiger partial charge in [-0.2, -0.15) is 0 Å². The summed E-state index contributed by atoms with van der Waals surface area (Å²) < 4.78 is 0. The lowest BCUT2D eigenvalue weighted by atomic mass is 10.0. The van der Waals surface area contributed by atoms with Gasteiger partial charge in [0.05, 0.1) is 0 Å². The van der Waals surface area contributed by atoms with E-state index in [0.29, 0.717) is 0 Å². The minimum absolute atomic E-state index is 0.797. The van der Waals surface area contributed by atoms with Crippen LogP contribution in [0.15, 0.2) is 42.5 Å². The Morgan fingerprint density at radius 3 is 2.29 bits per heavy atom. The van der Waals surface area contributed by atoms with Crippen LogP contribution in [0.2, 0.25) is 0 Å². The summed E-state index contributed by atoms with van der Waals surface area (Å²) in [6, 6.07) is 15.8. The summed E-state index contributed by atoms with van der Waals surface area (Å²) in [5, 5.41) is 0. The molecular weight excluding hydrogens is 340 g/mol. The smallest absolute Gasteiger partial charge is 0.0236 e. The largest absolute Gasteiger partial charge is 0.330 e. The number of rotatable bonds is 13. The lowest BCUT2D eigenvalue weighted by Gasteiger charge is -2.23. The molecule has 0 aliphatic rings. The van der Waals surface area contributed by atoms with E-state index in [4.69, 9.17) is 5.73 Å². The van der Waals surface area contributed by atoms with E-state index in [9.17, 15) is 0 Å². The van der Waals surface area contributed by atoms with E-state index in [2.05, 4.69) is 68.1 Å². The highest BCUT2D eigenvalue weighted by molar-refractivity contribution is 5.31. The quantitative estimate of drug-likeness (QED) is 0.444. The van der Waals surface area contributed by atoms with Gasteiger partial charge in [-0.25, -0.2) is 0 Å². The first-order chi connectivity index (χ1) is 13.6. The molecule has 28 heavy (non-hydrogen) atoms. The van der Waals surface area contributed by atoms with Gasteiger partial charge in [-0.05, 0) is 106 Å². The van der Waals surface area contributed by atoms with Crippen LogP contribution in [-0.2, 0) is 19.4 Å². The molecule has 0 fully saturated rings. The molecular formula is C26H40N2. The van der Waals surface area contributed by atoms with Crippen LogP contribution in [0.1, 0.15) is 66.8 Å². The molecule has 0 aliphatic heterocycles. The molecule has 154 valence electrons. The van der Waals surface area contributed by atoms with Gasteiger partial charge in [-0.1, -0.05) is 49.4 Å². The number of benzene rings is 2. The third kappa shape index (κ3) is 7.77. The number of hydrogen-bond donors (Lipinski definition) is 1. The van der Waals surface area contributed by atoms with Crippen molar-refractivity contribution in [3.8, 4) is 0 Å². The monoisotopic (exact) mass is 380 g/mol. The number of nitrogens with two attached hydrogens (primary N) is 1. The molecule has 0 unspecified atom stereocenters. The first kappa shape index (κ1) is 22.6. The minimum atomic E-state index is 0.797. The zero-order valence-corrected chi connectivity index (χ0v) is 18.3. The lowest BCUT2D eigenvalue weighted by molar-refractivity contribution is 0.260. The summed E-state index contributed by atoms with van der Waals surface area (Å²) in [7, 11) is 0. The summed E-state index contributed by atoms with van der Waals surface area (Å²) >= 11 is 0. The number of hydrogen-bond acceptors (Lipinski definition) is 2. The fraction of sp³-hybridized carbons (Fsp3) is 0.538. The Kier molecular flexibility index (Phi) is 10.3. The van der Waals surface area contributed by atoms with Crippen LogP contribution in [0.5, 0.6) is 0 Å². The van der Waals surface area contributed by atoms with Gasteiger partial charge in [0.25, 0.3) is 0 Å². The summed E-state index contributed by atoms with van der Waals surface area (Å²) in [6.45, 7) is 11.0. The maximum Gasteiger partial charge on any atom is 0.0236 e. The topological polar surface area (TPSA) is 29.3 Å². The second kappa shape index (κ2) is 12.7. The van der Waals surface area contributed by atoms with Gasteiger partial charge < -0.3 is 5.73 Å². The normalized spacial score (nSPS) is 11.3. The van der Waals surface area contributed by atoms with Gasteiger partial charge in [0.1, 0.15) is 0 Å². The van der Waals surface area contributed by atoms with E-state index in [-0.39, 0.29) is 0 Å². The zero-order chi connectivity index (χ0) is 20.2. The minimum Gasteiger partial charge on any atom is -0.330 e. The Hall–Kier alpha value is -1.64. The summed E-state index contributed by atoms with van der Waals surface area (Å²) in [5.74, 6) is 0. The van der Waals surface area contributed by atoms with E-state index in [1.807, 2.05) is 0 Å². The van der Waals surface area contributed by atoms with Crippen LogP contribution in [-0.4, -0.2) is 24.5 Å². The molecule has 2 rings (SSSR count). The van der Waals surface area contributed by atoms with Crippen LogP contribution in [0.4, 0.5) is 0 Å². The molecule has 0 aliphatic carbocycles. The summed E-state index contributed by atoms with van der Waals surface area (Å²) in [5.41, 5.74) is 13.0. The molecule has 0 aromatic heterocycles. The SMILES string of the molecule is CCCN(CCCCc1ccccc1C)Cc1cc(CCCCN)ccc1C. The highest BCUT2D eigenvalue weighted by Gasteiger charge is 2.08. The second-order valence-electron chi connectivity index (χ2n) is 8.17. The molecule has 2 aromatic carbocycles. The maximum atomic E-state index is 5.64. The van der Waals surface area contributed by atoms with Crippen LogP contribution in [0, 0.1) is 13.8 Å². The van der Waals surface area contributed by atoms with E-state index < -0.39 is 0 Å². The molecule has 2 N–H and O–H groups in total. The van der Waals surface area contributed by atoms with Crippen molar-refractivity contribution in [2.45, 2.75) is 72.3 Å². The van der Waals surface area contributed by atoms with Crippen molar-refractivity contribution in [3.63, 3.8) is 0 Å². The first-order valence-corrected chi connectivity index (χ1v) is 11.2.